The Bertz CT molecular complexity index is 677. The Morgan fingerprint density at radius 3 is 2.81 bits per heavy atom. The van der Waals surface area contributed by atoms with Gasteiger partial charge in [0.25, 0.3) is 5.91 Å². The van der Waals surface area contributed by atoms with Crippen molar-refractivity contribution < 1.29 is 9.53 Å². The third-order valence-electron chi connectivity index (χ3n) is 2.77. The third kappa shape index (κ3) is 4.25. The average Bonchev–Trinajstić information content (AvgIpc) is 2.51. The van der Waals surface area contributed by atoms with Crippen LogP contribution in [0.1, 0.15) is 15.9 Å². The Labute approximate surface area is 123 Å². The van der Waals surface area contributed by atoms with Crippen molar-refractivity contribution >= 4 is 11.6 Å². The Morgan fingerprint density at radius 1 is 1.24 bits per heavy atom. The van der Waals surface area contributed by atoms with Crippen molar-refractivity contribution in [1.29, 1.82) is 5.26 Å². The second-order valence-corrected chi connectivity index (χ2v) is 4.37. The van der Waals surface area contributed by atoms with Crippen molar-refractivity contribution in [3.8, 4) is 11.8 Å². The molecule has 3 N–H and O–H groups in total. The van der Waals surface area contributed by atoms with Crippen molar-refractivity contribution in [3.63, 3.8) is 0 Å². The van der Waals surface area contributed by atoms with Crippen molar-refractivity contribution in [3.05, 3.63) is 59.7 Å². The van der Waals surface area contributed by atoms with E-state index in [1.807, 2.05) is 6.07 Å². The van der Waals surface area contributed by atoms with Crippen LogP contribution in [-0.4, -0.2) is 19.1 Å². The summed E-state index contributed by atoms with van der Waals surface area (Å²) in [6.45, 7) is 0.706. The number of nitrogens with zero attached hydrogens (tertiary/aromatic N) is 1. The van der Waals surface area contributed by atoms with Crippen LogP contribution in [0.5, 0.6) is 5.75 Å². The van der Waals surface area contributed by atoms with E-state index in [1.165, 1.54) is 0 Å². The monoisotopic (exact) mass is 281 g/mol. The number of ether oxygens (including phenoxy) is 1. The van der Waals surface area contributed by atoms with Gasteiger partial charge in [-0.15, -0.1) is 0 Å². The number of nitrogens with two attached hydrogens (primary N) is 1. The van der Waals surface area contributed by atoms with Gasteiger partial charge in [0, 0.05) is 17.3 Å². The minimum absolute atomic E-state index is 0.233. The fourth-order valence-electron chi connectivity index (χ4n) is 1.77. The molecule has 0 radical (unpaired) electrons. The Morgan fingerprint density at radius 2 is 2.05 bits per heavy atom. The lowest BCUT2D eigenvalue weighted by Crippen LogP contribution is -2.28. The maximum Gasteiger partial charge on any atom is 0.251 e. The summed E-state index contributed by atoms with van der Waals surface area (Å²) < 4.78 is 5.47. The molecule has 1 amide bonds. The van der Waals surface area contributed by atoms with Gasteiger partial charge in [-0.05, 0) is 30.3 Å². The van der Waals surface area contributed by atoms with Gasteiger partial charge in [-0.2, -0.15) is 5.26 Å². The lowest BCUT2D eigenvalue weighted by atomic mass is 10.1. The number of hydrogen-bond acceptors (Lipinski definition) is 4. The molecule has 0 bridgehead atoms. The number of carbonyl (C=O) groups is 1. The molecule has 0 atom stereocenters. The van der Waals surface area contributed by atoms with Crippen LogP contribution in [0.2, 0.25) is 0 Å². The van der Waals surface area contributed by atoms with Crippen LogP contribution < -0.4 is 15.8 Å². The molecule has 0 spiro atoms. The lowest BCUT2D eigenvalue weighted by molar-refractivity contribution is 0.0947. The molecular weight excluding hydrogens is 266 g/mol. The molecule has 0 aromatic heterocycles. The molecule has 2 aromatic carbocycles. The molecule has 5 heteroatoms. The number of nitrogen functional groups attached to an aromatic ring is 1. The molecule has 0 aliphatic carbocycles. The van der Waals surface area contributed by atoms with Gasteiger partial charge in [-0.1, -0.05) is 12.1 Å². The summed E-state index contributed by atoms with van der Waals surface area (Å²) in [4.78, 5) is 11.9. The molecule has 0 fully saturated rings. The summed E-state index contributed by atoms with van der Waals surface area (Å²) in [6, 6.07) is 15.6. The van der Waals surface area contributed by atoms with Gasteiger partial charge >= 0.3 is 0 Å². The van der Waals surface area contributed by atoms with Crippen molar-refractivity contribution in [2.45, 2.75) is 0 Å². The second-order valence-electron chi connectivity index (χ2n) is 4.37. The molecule has 106 valence electrons. The summed E-state index contributed by atoms with van der Waals surface area (Å²) in [5.41, 5.74) is 7.18. The first-order valence-corrected chi connectivity index (χ1v) is 6.46. The molecule has 0 saturated heterocycles. The molecule has 2 aromatic rings. The van der Waals surface area contributed by atoms with E-state index in [0.717, 1.165) is 0 Å². The number of rotatable bonds is 5. The summed E-state index contributed by atoms with van der Waals surface area (Å²) in [6.07, 6.45) is 0. The van der Waals surface area contributed by atoms with Gasteiger partial charge in [0.2, 0.25) is 0 Å². The SMILES string of the molecule is N#Cc1cccc(C(=O)NCCOc2cccc(N)c2)c1. The maximum atomic E-state index is 11.9. The number of nitrogens with one attached hydrogen (secondary N) is 1. The van der Waals surface area contributed by atoms with E-state index in [4.69, 9.17) is 15.7 Å². The standard InChI is InChI=1S/C16H15N3O2/c17-11-12-3-1-4-13(9-12)16(20)19-7-8-21-15-6-2-5-14(18)10-15/h1-6,9-10H,7-8,18H2,(H,19,20). The molecular formula is C16H15N3O2. The van der Waals surface area contributed by atoms with Crippen LogP contribution in [0.25, 0.3) is 0 Å². The van der Waals surface area contributed by atoms with E-state index < -0.39 is 0 Å². The van der Waals surface area contributed by atoms with Crippen LogP contribution in [0, 0.1) is 11.3 Å². The van der Waals surface area contributed by atoms with Crippen LogP contribution in [0.3, 0.4) is 0 Å². The summed E-state index contributed by atoms with van der Waals surface area (Å²) in [5.74, 6) is 0.430. The first-order valence-electron chi connectivity index (χ1n) is 6.46. The first-order chi connectivity index (χ1) is 10.2. The molecule has 21 heavy (non-hydrogen) atoms. The van der Waals surface area contributed by atoms with Crippen molar-refractivity contribution in [2.75, 3.05) is 18.9 Å². The maximum absolute atomic E-state index is 11.9. The highest BCUT2D eigenvalue weighted by Crippen LogP contribution is 2.13. The van der Waals surface area contributed by atoms with E-state index in [1.54, 1.807) is 48.5 Å². The predicted octanol–water partition coefficient (Wildman–Crippen LogP) is 1.95. The largest absolute Gasteiger partial charge is 0.492 e. The van der Waals surface area contributed by atoms with Crippen molar-refractivity contribution in [2.24, 2.45) is 0 Å². The summed E-state index contributed by atoms with van der Waals surface area (Å²) in [5, 5.41) is 11.5. The molecule has 0 aliphatic heterocycles. The smallest absolute Gasteiger partial charge is 0.251 e. The zero-order valence-corrected chi connectivity index (χ0v) is 11.4. The van der Waals surface area contributed by atoms with Crippen LogP contribution in [0.15, 0.2) is 48.5 Å². The highest BCUT2D eigenvalue weighted by atomic mass is 16.5. The Hall–Kier alpha value is -3.00. The predicted molar refractivity (Wildman–Crippen MR) is 79.8 cm³/mol. The number of amides is 1. The number of nitriles is 1. The molecule has 0 aliphatic rings. The number of carbonyl (C=O) groups excluding carboxylic acids is 1. The number of hydrogen-bond donors (Lipinski definition) is 2. The molecule has 0 heterocycles. The van der Waals surface area contributed by atoms with Crippen LogP contribution >= 0.6 is 0 Å². The van der Waals surface area contributed by atoms with Gasteiger partial charge in [0.05, 0.1) is 18.2 Å². The minimum atomic E-state index is -0.233. The Balaban J connectivity index is 1.80. The lowest BCUT2D eigenvalue weighted by Gasteiger charge is -2.08. The first kappa shape index (κ1) is 14.4. The topological polar surface area (TPSA) is 88.1 Å². The van der Waals surface area contributed by atoms with E-state index in [9.17, 15) is 4.79 Å². The van der Waals surface area contributed by atoms with Gasteiger partial charge in [0.15, 0.2) is 0 Å². The van der Waals surface area contributed by atoms with Gasteiger partial charge in [0.1, 0.15) is 12.4 Å². The average molecular weight is 281 g/mol. The van der Waals surface area contributed by atoms with Crippen LogP contribution in [-0.2, 0) is 0 Å². The van der Waals surface area contributed by atoms with Gasteiger partial charge < -0.3 is 15.8 Å². The molecule has 0 saturated carbocycles. The highest BCUT2D eigenvalue weighted by molar-refractivity contribution is 5.94. The molecule has 2 rings (SSSR count). The fraction of sp³-hybridized carbons (Fsp3) is 0.125. The summed E-state index contributed by atoms with van der Waals surface area (Å²) in [7, 11) is 0. The summed E-state index contributed by atoms with van der Waals surface area (Å²) >= 11 is 0. The normalized spacial score (nSPS) is 9.67. The second kappa shape index (κ2) is 6.96. The van der Waals surface area contributed by atoms with Crippen molar-refractivity contribution in [1.82, 2.24) is 5.32 Å². The van der Waals surface area contributed by atoms with Gasteiger partial charge in [-0.25, -0.2) is 0 Å². The third-order valence-corrected chi connectivity index (χ3v) is 2.77. The minimum Gasteiger partial charge on any atom is -0.492 e. The molecule has 5 nitrogen and oxygen atoms in total. The van der Waals surface area contributed by atoms with Crippen LogP contribution in [0.4, 0.5) is 5.69 Å². The number of benzene rings is 2. The molecule has 0 unspecified atom stereocenters. The van der Waals surface area contributed by atoms with E-state index in [0.29, 0.717) is 35.7 Å². The fourth-order valence-corrected chi connectivity index (χ4v) is 1.77. The van der Waals surface area contributed by atoms with E-state index >= 15 is 0 Å². The Kier molecular flexibility index (Phi) is 4.78. The van der Waals surface area contributed by atoms with E-state index in [2.05, 4.69) is 5.32 Å². The van der Waals surface area contributed by atoms with E-state index in [-0.39, 0.29) is 5.91 Å². The number of anilines is 1. The van der Waals surface area contributed by atoms with Gasteiger partial charge in [-0.3, -0.25) is 4.79 Å². The quantitative estimate of drug-likeness (QED) is 0.647. The zero-order chi connectivity index (χ0) is 15.1. The highest BCUT2D eigenvalue weighted by Gasteiger charge is 2.05. The zero-order valence-electron chi connectivity index (χ0n) is 11.4.